The summed E-state index contributed by atoms with van der Waals surface area (Å²) < 4.78 is 6.77. The number of hydrogen-bond acceptors (Lipinski definition) is 7. The smallest absolute Gasteiger partial charge is 0.339 e. The summed E-state index contributed by atoms with van der Waals surface area (Å²) in [5.41, 5.74) is 0.553. The van der Waals surface area contributed by atoms with E-state index in [1.807, 2.05) is 0 Å². The van der Waals surface area contributed by atoms with Crippen LogP contribution in [0.5, 0.6) is 0 Å². The molecule has 3 rings (SSSR count). The molecule has 1 amide bonds. The van der Waals surface area contributed by atoms with E-state index in [-0.39, 0.29) is 23.8 Å². The Hall–Kier alpha value is -2.65. The molecule has 7 nitrogen and oxygen atoms in total. The van der Waals surface area contributed by atoms with Gasteiger partial charge in [0.05, 0.1) is 17.0 Å². The van der Waals surface area contributed by atoms with Crippen molar-refractivity contribution in [2.24, 2.45) is 0 Å². The summed E-state index contributed by atoms with van der Waals surface area (Å²) in [7, 11) is 3.37. The van der Waals surface area contributed by atoms with E-state index in [9.17, 15) is 14.4 Å². The van der Waals surface area contributed by atoms with E-state index in [2.05, 4.69) is 4.98 Å². The van der Waals surface area contributed by atoms with Crippen molar-refractivity contribution in [1.29, 1.82) is 0 Å². The van der Waals surface area contributed by atoms with Crippen LogP contribution in [0.3, 0.4) is 0 Å². The number of aromatic nitrogens is 2. The molecule has 0 aliphatic rings. The fourth-order valence-electron chi connectivity index (χ4n) is 2.21. The minimum absolute atomic E-state index is 0.0444. The number of benzene rings is 1. The molecule has 140 valence electrons. The quantitative estimate of drug-likeness (QED) is 0.464. The van der Waals surface area contributed by atoms with Crippen LogP contribution in [0.2, 0.25) is 0 Å². The first-order chi connectivity index (χ1) is 13.0. The number of thiazole rings is 1. The maximum absolute atomic E-state index is 12.5. The molecule has 0 atom stereocenters. The summed E-state index contributed by atoms with van der Waals surface area (Å²) in [5.74, 6) is -0.342. The number of carbonyl (C=O) groups excluding carboxylic acids is 2. The van der Waals surface area contributed by atoms with E-state index in [1.54, 1.807) is 49.9 Å². The largest absolute Gasteiger partial charge is 0.456 e. The summed E-state index contributed by atoms with van der Waals surface area (Å²) >= 11 is 2.61. The Morgan fingerprint density at radius 1 is 1.30 bits per heavy atom. The molecule has 0 N–H and O–H groups in total. The first-order valence-electron chi connectivity index (χ1n) is 8.00. The number of nitrogens with zero attached hydrogens (tertiary/aromatic N) is 3. The van der Waals surface area contributed by atoms with E-state index >= 15 is 0 Å². The van der Waals surface area contributed by atoms with Crippen LogP contribution in [0.4, 0.5) is 0 Å². The van der Waals surface area contributed by atoms with Gasteiger partial charge in [-0.25, -0.2) is 9.78 Å². The molecular formula is C18H17N3O4S2. The normalized spacial score (nSPS) is 10.7. The number of hydrogen-bond donors (Lipinski definition) is 0. The minimum atomic E-state index is -0.524. The first-order valence-corrected chi connectivity index (χ1v) is 9.87. The zero-order chi connectivity index (χ0) is 19.4. The Bertz CT molecular complexity index is 1040. The van der Waals surface area contributed by atoms with Gasteiger partial charge >= 0.3 is 5.97 Å². The molecular weight excluding hydrogens is 386 g/mol. The van der Waals surface area contributed by atoms with E-state index in [4.69, 9.17) is 4.74 Å². The lowest BCUT2D eigenvalue weighted by Crippen LogP contribution is -2.23. The van der Waals surface area contributed by atoms with Crippen molar-refractivity contribution in [2.45, 2.75) is 11.5 Å². The second-order valence-electron chi connectivity index (χ2n) is 5.79. The molecule has 0 unspecified atom stereocenters. The predicted octanol–water partition coefficient (Wildman–Crippen LogP) is 2.29. The first kappa shape index (κ1) is 19.1. The number of esters is 1. The van der Waals surface area contributed by atoms with Crippen LogP contribution < -0.4 is 5.56 Å². The fraction of sp³-hybridized carbons (Fsp3) is 0.222. The average Bonchev–Trinajstić information content (AvgIpc) is 3.13. The maximum atomic E-state index is 12.5. The highest BCUT2D eigenvalue weighted by Gasteiger charge is 2.15. The van der Waals surface area contributed by atoms with Gasteiger partial charge in [-0.05, 0) is 12.1 Å². The van der Waals surface area contributed by atoms with Crippen LogP contribution in [-0.4, -0.2) is 46.0 Å². The Labute approximate surface area is 163 Å². The lowest BCUT2D eigenvalue weighted by molar-refractivity contribution is -0.125. The molecule has 0 saturated heterocycles. The summed E-state index contributed by atoms with van der Waals surface area (Å²) in [6.45, 7) is -0.0991. The molecule has 0 fully saturated rings. The van der Waals surface area contributed by atoms with Gasteiger partial charge in [0.25, 0.3) is 5.56 Å². The van der Waals surface area contributed by atoms with Crippen molar-refractivity contribution < 1.29 is 14.3 Å². The van der Waals surface area contributed by atoms with Crippen molar-refractivity contribution in [3.05, 3.63) is 63.5 Å². The third-order valence-corrected chi connectivity index (χ3v) is 5.48. The van der Waals surface area contributed by atoms with Crippen molar-refractivity contribution in [3.63, 3.8) is 0 Å². The zero-order valence-corrected chi connectivity index (χ0v) is 16.4. The number of thioether (sulfide) groups is 1. The van der Waals surface area contributed by atoms with Crippen LogP contribution in [0, 0.1) is 0 Å². The molecule has 2 heterocycles. The highest BCUT2D eigenvalue weighted by atomic mass is 32.2. The van der Waals surface area contributed by atoms with Crippen LogP contribution in [0.1, 0.15) is 16.1 Å². The van der Waals surface area contributed by atoms with E-state index < -0.39 is 5.97 Å². The van der Waals surface area contributed by atoms with Gasteiger partial charge in [0.2, 0.25) is 5.91 Å². The van der Waals surface area contributed by atoms with E-state index in [0.717, 1.165) is 0 Å². The van der Waals surface area contributed by atoms with Gasteiger partial charge in [0, 0.05) is 36.6 Å². The topological polar surface area (TPSA) is 81.0 Å². The standard InChI is InChI=1S/C18H17N3O4S2/c1-20(2)16(23)11-27-14-6-4-3-5-13(14)17(24)25-10-12-9-15(22)21-7-8-26-18(21)19-12/h3-9H,10-11H2,1-2H3. The number of ether oxygens (including phenoxy) is 1. The molecule has 9 heteroatoms. The van der Waals surface area contributed by atoms with Gasteiger partial charge in [0.15, 0.2) is 4.96 Å². The van der Waals surface area contributed by atoms with Gasteiger partial charge < -0.3 is 9.64 Å². The molecule has 0 spiro atoms. The molecule has 3 aromatic rings. The van der Waals surface area contributed by atoms with Crippen molar-refractivity contribution in [3.8, 4) is 0 Å². The van der Waals surface area contributed by atoms with E-state index in [1.165, 1.54) is 38.5 Å². The van der Waals surface area contributed by atoms with Crippen LogP contribution >= 0.6 is 23.1 Å². The second kappa shape index (κ2) is 8.36. The number of carbonyl (C=O) groups is 2. The molecule has 0 aliphatic heterocycles. The number of rotatable bonds is 6. The molecule has 0 bridgehead atoms. The molecule has 0 saturated carbocycles. The van der Waals surface area contributed by atoms with Crippen molar-refractivity contribution in [1.82, 2.24) is 14.3 Å². The third kappa shape index (κ3) is 4.55. The number of amides is 1. The van der Waals surface area contributed by atoms with E-state index in [0.29, 0.717) is 21.1 Å². The van der Waals surface area contributed by atoms with Gasteiger partial charge in [-0.1, -0.05) is 12.1 Å². The second-order valence-corrected chi connectivity index (χ2v) is 7.68. The average molecular weight is 403 g/mol. The number of fused-ring (bicyclic) bond motifs is 1. The summed E-state index contributed by atoms with van der Waals surface area (Å²) in [5, 5.41) is 1.77. The summed E-state index contributed by atoms with van der Waals surface area (Å²) in [6.07, 6.45) is 1.65. The van der Waals surface area contributed by atoms with Crippen LogP contribution in [0.25, 0.3) is 4.96 Å². The van der Waals surface area contributed by atoms with Gasteiger partial charge in [-0.3, -0.25) is 14.0 Å². The minimum Gasteiger partial charge on any atom is -0.456 e. The van der Waals surface area contributed by atoms with Crippen LogP contribution in [0.15, 0.2) is 51.6 Å². The Morgan fingerprint density at radius 2 is 2.07 bits per heavy atom. The Balaban J connectivity index is 1.70. The fourth-order valence-corrected chi connectivity index (χ4v) is 3.97. The van der Waals surface area contributed by atoms with Gasteiger partial charge in [-0.15, -0.1) is 23.1 Å². The molecule has 0 radical (unpaired) electrons. The van der Waals surface area contributed by atoms with Gasteiger partial charge in [0.1, 0.15) is 6.61 Å². The molecule has 0 aliphatic carbocycles. The maximum Gasteiger partial charge on any atom is 0.339 e. The SMILES string of the molecule is CN(C)C(=O)CSc1ccccc1C(=O)OCc1cc(=O)n2ccsc2n1. The zero-order valence-electron chi connectivity index (χ0n) is 14.7. The molecule has 1 aromatic carbocycles. The lowest BCUT2D eigenvalue weighted by Gasteiger charge is -2.12. The summed E-state index contributed by atoms with van der Waals surface area (Å²) in [4.78, 5) is 43.3. The van der Waals surface area contributed by atoms with Crippen molar-refractivity contribution >= 4 is 39.9 Å². The Kier molecular flexibility index (Phi) is 5.92. The van der Waals surface area contributed by atoms with Crippen molar-refractivity contribution in [2.75, 3.05) is 19.8 Å². The van der Waals surface area contributed by atoms with Gasteiger partial charge in [-0.2, -0.15) is 0 Å². The Morgan fingerprint density at radius 3 is 2.85 bits per heavy atom. The summed E-state index contributed by atoms with van der Waals surface area (Å²) in [6, 6.07) is 8.30. The molecule has 27 heavy (non-hydrogen) atoms. The highest BCUT2D eigenvalue weighted by molar-refractivity contribution is 8.00. The monoisotopic (exact) mass is 403 g/mol. The third-order valence-electron chi connectivity index (χ3n) is 3.66. The van der Waals surface area contributed by atoms with Crippen LogP contribution in [-0.2, 0) is 16.1 Å². The lowest BCUT2D eigenvalue weighted by atomic mass is 10.2. The predicted molar refractivity (Wildman–Crippen MR) is 104 cm³/mol. The molecule has 2 aromatic heterocycles. The highest BCUT2D eigenvalue weighted by Crippen LogP contribution is 2.24.